The maximum Gasteiger partial charge on any atom is 0.408 e. The molecule has 1 amide bonds. The zero-order chi connectivity index (χ0) is 18.7. The van der Waals surface area contributed by atoms with E-state index in [1.165, 1.54) is 0 Å². The minimum absolute atomic E-state index is 0.165. The predicted octanol–water partition coefficient (Wildman–Crippen LogP) is -2.14. The topological polar surface area (TPSA) is 161 Å². The lowest BCUT2D eigenvalue weighted by atomic mass is 9.91. The van der Waals surface area contributed by atoms with Crippen LogP contribution in [0, 0.1) is 0 Å². The number of nitrogens with one attached hydrogen (secondary N) is 1. The molecule has 6 unspecified atom stereocenters. The highest BCUT2D eigenvalue weighted by Crippen LogP contribution is 2.24. The molecule has 1 fully saturated rings. The van der Waals surface area contributed by atoms with E-state index < -0.39 is 54.2 Å². The van der Waals surface area contributed by atoms with Crippen LogP contribution in [-0.4, -0.2) is 83.2 Å². The Morgan fingerprint density at radius 3 is 2.25 bits per heavy atom. The number of carbonyl (C=O) groups excluding carboxylic acids is 2. The molecule has 1 aliphatic heterocycles. The summed E-state index contributed by atoms with van der Waals surface area (Å²) in [5, 5.41) is 32.1. The Labute approximate surface area is 139 Å². The van der Waals surface area contributed by atoms with Crippen molar-refractivity contribution in [1.82, 2.24) is 5.32 Å². The number of rotatable bonds is 4. The highest BCUT2D eigenvalue weighted by Gasteiger charge is 2.49. The van der Waals surface area contributed by atoms with Crippen LogP contribution in [0.15, 0.2) is 0 Å². The van der Waals surface area contributed by atoms with Crippen LogP contribution in [0.1, 0.15) is 20.8 Å². The van der Waals surface area contributed by atoms with Crippen LogP contribution in [0.2, 0.25) is 0 Å². The first kappa shape index (κ1) is 20.6. The monoisotopic (exact) mass is 350 g/mol. The molecule has 0 aromatic heterocycles. The van der Waals surface area contributed by atoms with Crippen molar-refractivity contribution in [3.8, 4) is 0 Å². The summed E-state index contributed by atoms with van der Waals surface area (Å²) in [6, 6.07) is -1.46. The van der Waals surface area contributed by atoms with Crippen molar-refractivity contribution in [1.29, 1.82) is 0 Å². The van der Waals surface area contributed by atoms with Crippen LogP contribution < -0.4 is 11.1 Å². The van der Waals surface area contributed by atoms with Crippen LogP contribution in [0.3, 0.4) is 0 Å². The number of amides is 1. The van der Waals surface area contributed by atoms with Crippen LogP contribution in [0.25, 0.3) is 0 Å². The molecule has 1 aliphatic rings. The molecule has 10 heteroatoms. The Morgan fingerprint density at radius 2 is 1.79 bits per heavy atom. The summed E-state index contributed by atoms with van der Waals surface area (Å²) in [5.41, 5.74) is 4.64. The van der Waals surface area contributed by atoms with Crippen LogP contribution in [-0.2, 0) is 19.0 Å². The van der Waals surface area contributed by atoms with Gasteiger partial charge in [0.25, 0.3) is 0 Å². The molecule has 140 valence electrons. The number of hydrogen-bond donors (Lipinski definition) is 5. The third-order valence-electron chi connectivity index (χ3n) is 3.44. The Hall–Kier alpha value is -1.46. The first-order chi connectivity index (χ1) is 11.0. The molecule has 0 radical (unpaired) electrons. The van der Waals surface area contributed by atoms with Gasteiger partial charge in [0.05, 0.1) is 13.2 Å². The fourth-order valence-corrected chi connectivity index (χ4v) is 2.29. The first-order valence-corrected chi connectivity index (χ1v) is 7.49. The molecule has 0 aliphatic carbocycles. The largest absolute Gasteiger partial charge is 0.467 e. The quantitative estimate of drug-likeness (QED) is 0.356. The average Bonchev–Trinajstić information content (AvgIpc) is 2.48. The molecule has 0 aromatic rings. The van der Waals surface area contributed by atoms with E-state index in [0.717, 1.165) is 7.11 Å². The maximum atomic E-state index is 12.0. The number of alkyl carbamates (subject to hydrolysis) is 1. The SMILES string of the molecule is COC(=O)C(NC(=O)OC(C)(C)C)C1OC(CN)C(O)C(O)C1O. The zero-order valence-electron chi connectivity index (χ0n) is 14.1. The number of aliphatic hydroxyl groups is 3. The number of hydrogen-bond acceptors (Lipinski definition) is 9. The van der Waals surface area contributed by atoms with Gasteiger partial charge in [-0.15, -0.1) is 0 Å². The zero-order valence-corrected chi connectivity index (χ0v) is 14.1. The molecule has 1 saturated heterocycles. The van der Waals surface area contributed by atoms with E-state index in [1.807, 2.05) is 0 Å². The minimum Gasteiger partial charge on any atom is -0.467 e. The van der Waals surface area contributed by atoms with Crippen molar-refractivity contribution >= 4 is 12.1 Å². The number of methoxy groups -OCH3 is 1. The van der Waals surface area contributed by atoms with Gasteiger partial charge < -0.3 is 40.6 Å². The van der Waals surface area contributed by atoms with E-state index in [4.69, 9.17) is 15.2 Å². The standard InChI is InChI=1S/C14H26N2O8/c1-14(2,3)24-13(21)16-7(12(20)22-4)11-10(19)9(18)8(17)6(5-15)23-11/h6-11,17-19H,5,15H2,1-4H3,(H,16,21). The Bertz CT molecular complexity index is 451. The summed E-state index contributed by atoms with van der Waals surface area (Å²) in [4.78, 5) is 23.9. The normalized spacial score (nSPS) is 31.9. The van der Waals surface area contributed by atoms with Gasteiger partial charge in [0.1, 0.15) is 30.0 Å². The molecule has 0 spiro atoms. The number of nitrogens with two attached hydrogens (primary N) is 1. The van der Waals surface area contributed by atoms with E-state index >= 15 is 0 Å². The summed E-state index contributed by atoms with van der Waals surface area (Å²) in [6.45, 7) is 4.74. The highest BCUT2D eigenvalue weighted by atomic mass is 16.6. The van der Waals surface area contributed by atoms with Gasteiger partial charge in [-0.2, -0.15) is 0 Å². The molecule has 6 N–H and O–H groups in total. The minimum atomic E-state index is -1.65. The van der Waals surface area contributed by atoms with Crippen LogP contribution in [0.4, 0.5) is 4.79 Å². The summed E-state index contributed by atoms with van der Waals surface area (Å²) >= 11 is 0. The summed E-state index contributed by atoms with van der Waals surface area (Å²) in [7, 11) is 1.09. The third-order valence-corrected chi connectivity index (χ3v) is 3.44. The van der Waals surface area contributed by atoms with Gasteiger partial charge in [-0.1, -0.05) is 0 Å². The second-order valence-electron chi connectivity index (χ2n) is 6.49. The van der Waals surface area contributed by atoms with Gasteiger partial charge in [0.15, 0.2) is 6.04 Å². The summed E-state index contributed by atoms with van der Waals surface area (Å²) in [5.74, 6) is -0.913. The smallest absolute Gasteiger partial charge is 0.408 e. The second-order valence-corrected chi connectivity index (χ2v) is 6.49. The maximum absolute atomic E-state index is 12.0. The molecule has 0 aromatic carbocycles. The lowest BCUT2D eigenvalue weighted by molar-refractivity contribution is -0.227. The predicted molar refractivity (Wildman–Crippen MR) is 80.9 cm³/mol. The average molecular weight is 350 g/mol. The number of esters is 1. The van der Waals surface area contributed by atoms with Crippen molar-refractivity contribution in [3.05, 3.63) is 0 Å². The lowest BCUT2D eigenvalue weighted by Crippen LogP contribution is -2.66. The number of aliphatic hydroxyl groups excluding tert-OH is 3. The Kier molecular flexibility index (Phi) is 6.93. The van der Waals surface area contributed by atoms with Crippen LogP contribution in [0.5, 0.6) is 0 Å². The van der Waals surface area contributed by atoms with Crippen molar-refractivity contribution in [2.75, 3.05) is 13.7 Å². The first-order valence-electron chi connectivity index (χ1n) is 7.49. The van der Waals surface area contributed by atoms with Crippen molar-refractivity contribution < 1.29 is 39.1 Å². The Morgan fingerprint density at radius 1 is 1.21 bits per heavy atom. The van der Waals surface area contributed by atoms with E-state index in [9.17, 15) is 24.9 Å². The number of carbonyl (C=O) groups is 2. The van der Waals surface area contributed by atoms with Gasteiger partial charge in [-0.3, -0.25) is 0 Å². The highest BCUT2D eigenvalue weighted by molar-refractivity contribution is 5.82. The van der Waals surface area contributed by atoms with E-state index in [-0.39, 0.29) is 6.54 Å². The van der Waals surface area contributed by atoms with Gasteiger partial charge in [0, 0.05) is 6.54 Å². The molecule has 1 heterocycles. The molecule has 1 rings (SSSR count). The lowest BCUT2D eigenvalue weighted by Gasteiger charge is -2.42. The van der Waals surface area contributed by atoms with E-state index in [2.05, 4.69) is 10.1 Å². The molecule has 24 heavy (non-hydrogen) atoms. The molecule has 6 atom stereocenters. The van der Waals surface area contributed by atoms with Crippen LogP contribution >= 0.6 is 0 Å². The summed E-state index contributed by atoms with van der Waals surface area (Å²) < 4.78 is 15.0. The molecule has 0 saturated carbocycles. The van der Waals surface area contributed by atoms with Crippen molar-refractivity contribution in [3.63, 3.8) is 0 Å². The van der Waals surface area contributed by atoms with Gasteiger partial charge in [-0.05, 0) is 20.8 Å². The molecule has 0 bridgehead atoms. The Balaban J connectivity index is 2.98. The fraction of sp³-hybridized carbons (Fsp3) is 0.857. The fourth-order valence-electron chi connectivity index (χ4n) is 2.29. The van der Waals surface area contributed by atoms with Gasteiger partial charge in [0.2, 0.25) is 0 Å². The molecular weight excluding hydrogens is 324 g/mol. The van der Waals surface area contributed by atoms with Crippen molar-refractivity contribution in [2.45, 2.75) is 62.9 Å². The van der Waals surface area contributed by atoms with Crippen molar-refractivity contribution in [2.24, 2.45) is 5.73 Å². The number of ether oxygens (including phenoxy) is 3. The van der Waals surface area contributed by atoms with E-state index in [0.29, 0.717) is 0 Å². The van der Waals surface area contributed by atoms with Gasteiger partial charge >= 0.3 is 12.1 Å². The van der Waals surface area contributed by atoms with E-state index in [1.54, 1.807) is 20.8 Å². The summed E-state index contributed by atoms with van der Waals surface area (Å²) in [6.07, 6.45) is -8.02. The molecule has 10 nitrogen and oxygen atoms in total. The van der Waals surface area contributed by atoms with Gasteiger partial charge in [-0.25, -0.2) is 9.59 Å². The second kappa shape index (κ2) is 8.08. The molecular formula is C14H26N2O8. The third kappa shape index (κ3) is 5.02.